The lowest BCUT2D eigenvalue weighted by Crippen LogP contribution is -2.47. The van der Waals surface area contributed by atoms with Crippen molar-refractivity contribution in [2.45, 2.75) is 82.4 Å². The molecule has 2 aromatic heterocycles. The van der Waals surface area contributed by atoms with E-state index in [9.17, 15) is 27.9 Å². The number of carbonyl (C=O) groups is 2. The minimum atomic E-state index is -4.80. The third-order valence-corrected chi connectivity index (χ3v) is 11.5. The van der Waals surface area contributed by atoms with Gasteiger partial charge in [-0.15, -0.1) is 0 Å². The summed E-state index contributed by atoms with van der Waals surface area (Å²) in [5.41, 5.74) is 3.19. The molecular weight excluding hydrogens is 751 g/mol. The first-order chi connectivity index (χ1) is 26.8. The fourth-order valence-electron chi connectivity index (χ4n) is 8.03. The van der Waals surface area contributed by atoms with Gasteiger partial charge in [-0.25, -0.2) is 4.98 Å². The Morgan fingerprint density at radius 3 is 2.45 bits per heavy atom. The lowest BCUT2D eigenvalue weighted by molar-refractivity contribution is -0.149. The number of halogens is 4. The average molecular weight is 794 g/mol. The van der Waals surface area contributed by atoms with Crippen LogP contribution in [0.3, 0.4) is 0 Å². The van der Waals surface area contributed by atoms with Gasteiger partial charge in [0.05, 0.1) is 24.9 Å². The second kappa shape index (κ2) is 15.9. The maximum absolute atomic E-state index is 14.6. The van der Waals surface area contributed by atoms with E-state index in [4.69, 9.17) is 30.8 Å². The third-order valence-electron chi connectivity index (χ3n) is 11.1. The topological polar surface area (TPSA) is 135 Å². The normalized spacial score (nSPS) is 20.9. The van der Waals surface area contributed by atoms with Gasteiger partial charge >= 0.3 is 12.1 Å². The van der Waals surface area contributed by atoms with Crippen molar-refractivity contribution in [3.05, 3.63) is 87.4 Å². The molecule has 0 radical (unpaired) electrons. The van der Waals surface area contributed by atoms with Gasteiger partial charge in [0.1, 0.15) is 17.2 Å². The largest absolute Gasteiger partial charge is 0.481 e. The van der Waals surface area contributed by atoms with Crippen LogP contribution in [0.5, 0.6) is 17.6 Å². The fraction of sp³-hybridized carbons (Fsp3) is 0.415. The number of nitrogens with one attached hydrogen (secondary N) is 2. The Morgan fingerprint density at radius 1 is 1.00 bits per heavy atom. The van der Waals surface area contributed by atoms with Gasteiger partial charge in [-0.1, -0.05) is 54.1 Å². The molecule has 0 spiro atoms. The highest BCUT2D eigenvalue weighted by Crippen LogP contribution is 2.46. The quantitative estimate of drug-likeness (QED) is 0.126. The molecule has 3 N–H and O–H groups in total. The maximum Gasteiger partial charge on any atom is 0.421 e. The van der Waals surface area contributed by atoms with Crippen LogP contribution in [0.15, 0.2) is 54.6 Å². The smallest absolute Gasteiger partial charge is 0.421 e. The molecule has 3 aliphatic rings. The van der Waals surface area contributed by atoms with E-state index in [1.165, 1.54) is 7.11 Å². The standard InChI is InChI=1S/C41H43ClF3N5O6/c1-40(39(52)53)17-6-18-50(40)22-24-19-31(41(43,44)45)38(49-37(24)55-3)56-33-15-13-27-26(7-4-8-28(27)33)29-9-5-10-30(35(29)42)32-14-11-23(36(48-32)54-2)20-46-21-25-12-16-34(51)47-25/h4-5,7-11,14,19,25,33,46H,6,12-13,15-18,20-22H2,1-3H3,(H,47,51)(H,52,53)/t25-,33-,40+/m0/s1. The van der Waals surface area contributed by atoms with Gasteiger partial charge in [0.2, 0.25) is 23.5 Å². The zero-order valence-electron chi connectivity index (χ0n) is 31.3. The molecule has 2 fully saturated rings. The van der Waals surface area contributed by atoms with Crippen molar-refractivity contribution in [3.63, 3.8) is 0 Å². The lowest BCUT2D eigenvalue weighted by Gasteiger charge is -2.31. The number of amides is 1. The van der Waals surface area contributed by atoms with Crippen LogP contribution in [0.1, 0.15) is 72.9 Å². The van der Waals surface area contributed by atoms with Gasteiger partial charge < -0.3 is 30.0 Å². The van der Waals surface area contributed by atoms with Crippen molar-refractivity contribution >= 4 is 23.5 Å². The number of aliphatic carboxylic acids is 1. The van der Waals surface area contributed by atoms with Gasteiger partial charge in [-0.3, -0.25) is 14.5 Å². The number of hydrogen-bond donors (Lipinski definition) is 3. The number of carboxylic acid groups (broad SMARTS) is 1. The van der Waals surface area contributed by atoms with E-state index in [0.29, 0.717) is 73.9 Å². The van der Waals surface area contributed by atoms with E-state index in [-0.39, 0.29) is 29.9 Å². The van der Waals surface area contributed by atoms with Crippen molar-refractivity contribution in [2.24, 2.45) is 0 Å². The van der Waals surface area contributed by atoms with Crippen LogP contribution in [0, 0.1) is 0 Å². The Hall–Kier alpha value is -4.92. The molecule has 296 valence electrons. The van der Waals surface area contributed by atoms with Crippen molar-refractivity contribution in [3.8, 4) is 40.0 Å². The van der Waals surface area contributed by atoms with Gasteiger partial charge in [0.15, 0.2) is 0 Å². The first-order valence-electron chi connectivity index (χ1n) is 18.6. The monoisotopic (exact) mass is 793 g/mol. The number of likely N-dealkylation sites (tertiary alicyclic amines) is 1. The highest BCUT2D eigenvalue weighted by molar-refractivity contribution is 6.36. The number of hydrogen-bond acceptors (Lipinski definition) is 9. The minimum Gasteiger partial charge on any atom is -0.481 e. The number of benzene rings is 2. The summed E-state index contributed by atoms with van der Waals surface area (Å²) in [4.78, 5) is 34.2. The molecule has 2 saturated heterocycles. The first kappa shape index (κ1) is 39.3. The number of carbonyl (C=O) groups excluding carboxylic acids is 1. The molecule has 2 aromatic carbocycles. The molecular formula is C41H43ClF3N5O6. The van der Waals surface area contributed by atoms with Crippen LogP contribution >= 0.6 is 11.6 Å². The molecule has 0 bridgehead atoms. The number of fused-ring (bicyclic) bond motifs is 1. The molecule has 0 saturated carbocycles. The Bertz CT molecular complexity index is 2150. The van der Waals surface area contributed by atoms with Crippen molar-refractivity contribution in [1.29, 1.82) is 0 Å². The predicted molar refractivity (Wildman–Crippen MR) is 203 cm³/mol. The second-order valence-corrected chi connectivity index (χ2v) is 15.0. The van der Waals surface area contributed by atoms with E-state index in [2.05, 4.69) is 15.6 Å². The maximum atomic E-state index is 14.6. The van der Waals surface area contributed by atoms with Crippen LogP contribution in [-0.4, -0.2) is 70.7 Å². The summed E-state index contributed by atoms with van der Waals surface area (Å²) in [5, 5.41) is 16.6. The summed E-state index contributed by atoms with van der Waals surface area (Å²) < 4.78 is 61.1. The number of carboxylic acids is 1. The molecule has 4 heterocycles. The SMILES string of the molecule is COc1nc(-c2cccc(-c3cccc4c3CC[C@@H]4Oc3nc(OC)c(CN4CCC[C@]4(C)C(=O)O)cc3C(F)(F)F)c2Cl)ccc1CNC[C@@H]1CCC(=O)N1. The molecule has 7 rings (SSSR count). The summed E-state index contributed by atoms with van der Waals surface area (Å²) >= 11 is 7.12. The van der Waals surface area contributed by atoms with Crippen molar-refractivity contribution in [2.75, 3.05) is 27.3 Å². The predicted octanol–water partition coefficient (Wildman–Crippen LogP) is 7.37. The number of aromatic nitrogens is 2. The zero-order chi connectivity index (χ0) is 39.8. The first-order valence-corrected chi connectivity index (χ1v) is 18.9. The van der Waals surface area contributed by atoms with E-state index in [1.807, 2.05) is 48.5 Å². The second-order valence-electron chi connectivity index (χ2n) is 14.6. The molecule has 15 heteroatoms. The average Bonchev–Trinajstić information content (AvgIpc) is 3.90. The molecule has 1 aliphatic carbocycles. The van der Waals surface area contributed by atoms with Gasteiger partial charge in [0.25, 0.3) is 0 Å². The Morgan fingerprint density at radius 2 is 1.73 bits per heavy atom. The minimum absolute atomic E-state index is 0.0585. The Labute approximate surface area is 327 Å². The number of nitrogens with zero attached hydrogens (tertiary/aromatic N) is 3. The van der Waals surface area contributed by atoms with Crippen molar-refractivity contribution in [1.82, 2.24) is 25.5 Å². The number of pyridine rings is 2. The van der Waals surface area contributed by atoms with E-state index >= 15 is 0 Å². The highest BCUT2D eigenvalue weighted by Gasteiger charge is 2.44. The highest BCUT2D eigenvalue weighted by atomic mass is 35.5. The summed E-state index contributed by atoms with van der Waals surface area (Å²) in [6.07, 6.45) is -2.30. The molecule has 56 heavy (non-hydrogen) atoms. The number of alkyl halides is 3. The van der Waals surface area contributed by atoms with Gasteiger partial charge in [-0.05, 0) is 74.4 Å². The fourth-order valence-corrected chi connectivity index (χ4v) is 8.36. The molecule has 3 atom stereocenters. The molecule has 2 aliphatic heterocycles. The number of methoxy groups -OCH3 is 2. The molecule has 0 unspecified atom stereocenters. The summed E-state index contributed by atoms with van der Waals surface area (Å²) in [5.74, 6) is -1.19. The van der Waals surface area contributed by atoms with Crippen LogP contribution in [0.25, 0.3) is 22.4 Å². The van der Waals surface area contributed by atoms with E-state index < -0.39 is 35.2 Å². The van der Waals surface area contributed by atoms with Gasteiger partial charge in [0, 0.05) is 54.4 Å². The summed E-state index contributed by atoms with van der Waals surface area (Å²) in [6.45, 7) is 3.04. The van der Waals surface area contributed by atoms with E-state index in [0.717, 1.165) is 40.3 Å². The van der Waals surface area contributed by atoms with Gasteiger partial charge in [-0.2, -0.15) is 18.2 Å². The molecule has 4 aromatic rings. The third kappa shape index (κ3) is 7.74. The van der Waals surface area contributed by atoms with Crippen molar-refractivity contribution < 1.29 is 42.1 Å². The van der Waals surface area contributed by atoms with E-state index in [1.54, 1.807) is 18.9 Å². The van der Waals surface area contributed by atoms with Crippen LogP contribution < -0.4 is 24.8 Å². The Kier molecular flexibility index (Phi) is 11.2. The van der Waals surface area contributed by atoms with Crippen LogP contribution in [0.2, 0.25) is 5.02 Å². The lowest BCUT2D eigenvalue weighted by atomic mass is 9.94. The molecule has 11 nitrogen and oxygen atoms in total. The van der Waals surface area contributed by atoms with Crippen LogP contribution in [-0.2, 0) is 35.3 Å². The number of rotatable bonds is 13. The molecule has 1 amide bonds. The summed E-state index contributed by atoms with van der Waals surface area (Å²) in [7, 11) is 2.87. The zero-order valence-corrected chi connectivity index (χ0v) is 32.0. The van der Waals surface area contributed by atoms with Crippen LogP contribution in [0.4, 0.5) is 13.2 Å². The number of ether oxygens (including phenoxy) is 3. The Balaban J connectivity index is 1.14. The summed E-state index contributed by atoms with van der Waals surface area (Å²) in [6, 6.07) is 16.1.